The number of nitrogens with one attached hydrogen (secondary N) is 1. The van der Waals surface area contributed by atoms with Crippen molar-refractivity contribution in [2.45, 2.75) is 46.0 Å². The largest absolute Gasteiger partial charge is 0.341 e. The number of piperidine rings is 1. The van der Waals surface area contributed by atoms with Crippen molar-refractivity contribution in [3.63, 3.8) is 0 Å². The average molecular weight is 339 g/mol. The highest BCUT2D eigenvalue weighted by atomic mass is 16.1. The second-order valence-electron chi connectivity index (χ2n) is 6.80. The maximum Gasteiger partial charge on any atom is 0.275 e. The summed E-state index contributed by atoms with van der Waals surface area (Å²) in [5.74, 6) is 1.18. The number of anilines is 2. The van der Waals surface area contributed by atoms with Gasteiger partial charge in [-0.05, 0) is 50.3 Å². The zero-order valence-corrected chi connectivity index (χ0v) is 15.1. The van der Waals surface area contributed by atoms with Gasteiger partial charge in [-0.2, -0.15) is 0 Å². The third-order valence-corrected chi connectivity index (χ3v) is 4.33. The number of nitrogens with zero attached hydrogens (tertiary/aromatic N) is 4. The van der Waals surface area contributed by atoms with Crippen molar-refractivity contribution in [2.24, 2.45) is 0 Å². The minimum Gasteiger partial charge on any atom is -0.341 e. The van der Waals surface area contributed by atoms with Gasteiger partial charge in [0.2, 0.25) is 5.95 Å². The molecular weight excluding hydrogens is 314 g/mol. The Hall–Kier alpha value is -2.50. The number of carbonyl (C=O) groups is 1. The van der Waals surface area contributed by atoms with Crippen molar-refractivity contribution < 1.29 is 4.79 Å². The highest BCUT2D eigenvalue weighted by molar-refractivity contribution is 6.02. The topological polar surface area (TPSA) is 71.0 Å². The quantitative estimate of drug-likeness (QED) is 0.922. The van der Waals surface area contributed by atoms with Crippen LogP contribution in [0.5, 0.6) is 0 Å². The number of rotatable bonds is 4. The van der Waals surface area contributed by atoms with Crippen molar-refractivity contribution in [1.82, 2.24) is 15.0 Å². The molecule has 0 aromatic carbocycles. The molecule has 3 heterocycles. The molecule has 1 amide bonds. The monoisotopic (exact) mass is 339 g/mol. The predicted octanol–water partition coefficient (Wildman–Crippen LogP) is 3.55. The molecule has 1 aliphatic rings. The van der Waals surface area contributed by atoms with Gasteiger partial charge in [0.15, 0.2) is 0 Å². The molecule has 6 nitrogen and oxygen atoms in total. The molecule has 0 aliphatic carbocycles. The van der Waals surface area contributed by atoms with Gasteiger partial charge in [0.05, 0.1) is 0 Å². The number of pyridine rings is 1. The summed E-state index contributed by atoms with van der Waals surface area (Å²) in [5, 5.41) is 2.84. The third kappa shape index (κ3) is 4.32. The summed E-state index contributed by atoms with van der Waals surface area (Å²) in [6.45, 7) is 7.94. The van der Waals surface area contributed by atoms with E-state index in [1.807, 2.05) is 19.1 Å². The molecule has 0 spiro atoms. The lowest BCUT2D eigenvalue weighted by molar-refractivity contribution is 0.102. The Morgan fingerprint density at radius 1 is 1.12 bits per heavy atom. The Bertz CT molecular complexity index is 753. The number of hydrogen-bond donors (Lipinski definition) is 1. The van der Waals surface area contributed by atoms with Gasteiger partial charge in [-0.3, -0.25) is 4.79 Å². The van der Waals surface area contributed by atoms with E-state index in [9.17, 15) is 4.79 Å². The van der Waals surface area contributed by atoms with Crippen LogP contribution >= 0.6 is 0 Å². The van der Waals surface area contributed by atoms with E-state index in [0.29, 0.717) is 17.5 Å². The van der Waals surface area contributed by atoms with E-state index < -0.39 is 0 Å². The van der Waals surface area contributed by atoms with Crippen LogP contribution in [0.25, 0.3) is 0 Å². The fraction of sp³-hybridized carbons (Fsp3) is 0.474. The van der Waals surface area contributed by atoms with Crippen LogP contribution < -0.4 is 10.2 Å². The molecule has 1 N–H and O–H groups in total. The Kier molecular flexibility index (Phi) is 5.26. The number of aromatic nitrogens is 3. The molecule has 1 aliphatic heterocycles. The lowest BCUT2D eigenvalue weighted by Crippen LogP contribution is -2.32. The van der Waals surface area contributed by atoms with Gasteiger partial charge in [-0.25, -0.2) is 15.0 Å². The highest BCUT2D eigenvalue weighted by Crippen LogP contribution is 2.21. The first-order chi connectivity index (χ1) is 12.0. The van der Waals surface area contributed by atoms with Crippen LogP contribution in [0.4, 0.5) is 11.8 Å². The maximum atomic E-state index is 12.7. The van der Waals surface area contributed by atoms with E-state index in [1.54, 1.807) is 12.1 Å². The number of hydrogen-bond acceptors (Lipinski definition) is 5. The molecule has 6 heteroatoms. The smallest absolute Gasteiger partial charge is 0.275 e. The fourth-order valence-electron chi connectivity index (χ4n) is 2.89. The van der Waals surface area contributed by atoms with Crippen LogP contribution in [-0.2, 0) is 0 Å². The third-order valence-electron chi connectivity index (χ3n) is 4.33. The van der Waals surface area contributed by atoms with Gasteiger partial charge < -0.3 is 10.2 Å². The van der Waals surface area contributed by atoms with Gasteiger partial charge in [0, 0.05) is 24.5 Å². The highest BCUT2D eigenvalue weighted by Gasteiger charge is 2.19. The standard InChI is InChI=1S/C19H25N5O/c1-13(2)15-12-16(18(25)23-17-9-7-8-14(3)20-17)22-19(21-15)24-10-5-4-6-11-24/h7-9,12-13H,4-6,10-11H2,1-3H3,(H,20,23,25). The van der Waals surface area contributed by atoms with Crippen LogP contribution in [0.15, 0.2) is 24.3 Å². The first-order valence-corrected chi connectivity index (χ1v) is 8.92. The molecule has 3 rings (SSSR count). The maximum absolute atomic E-state index is 12.7. The van der Waals surface area contributed by atoms with E-state index in [-0.39, 0.29) is 11.8 Å². The van der Waals surface area contributed by atoms with Crippen molar-refractivity contribution in [2.75, 3.05) is 23.3 Å². The molecule has 132 valence electrons. The Balaban J connectivity index is 1.88. The lowest BCUT2D eigenvalue weighted by Gasteiger charge is -2.27. The van der Waals surface area contributed by atoms with E-state index in [4.69, 9.17) is 0 Å². The zero-order chi connectivity index (χ0) is 17.8. The molecule has 0 radical (unpaired) electrons. The summed E-state index contributed by atoms with van der Waals surface area (Å²) in [5.41, 5.74) is 2.14. The normalized spacial score (nSPS) is 14.6. The minimum atomic E-state index is -0.249. The fourth-order valence-corrected chi connectivity index (χ4v) is 2.89. The van der Waals surface area contributed by atoms with Crippen LogP contribution in [0.2, 0.25) is 0 Å². The molecule has 2 aromatic heterocycles. The molecule has 0 unspecified atom stereocenters. The van der Waals surface area contributed by atoms with Gasteiger partial charge in [-0.1, -0.05) is 19.9 Å². The lowest BCUT2D eigenvalue weighted by atomic mass is 10.1. The minimum absolute atomic E-state index is 0.232. The van der Waals surface area contributed by atoms with Crippen LogP contribution in [0.1, 0.15) is 60.9 Å². The van der Waals surface area contributed by atoms with Gasteiger partial charge in [0.25, 0.3) is 5.91 Å². The number of carbonyl (C=O) groups excluding carboxylic acids is 1. The van der Waals surface area contributed by atoms with Gasteiger partial charge in [0.1, 0.15) is 11.5 Å². The van der Waals surface area contributed by atoms with E-state index in [0.717, 1.165) is 37.3 Å². The molecule has 0 bridgehead atoms. The second-order valence-corrected chi connectivity index (χ2v) is 6.80. The molecule has 0 atom stereocenters. The van der Waals surface area contributed by atoms with Crippen molar-refractivity contribution in [3.8, 4) is 0 Å². The summed E-state index contributed by atoms with van der Waals surface area (Å²) < 4.78 is 0. The van der Waals surface area contributed by atoms with E-state index in [2.05, 4.69) is 39.0 Å². The summed E-state index contributed by atoms with van der Waals surface area (Å²) in [4.78, 5) is 28.4. The van der Waals surface area contributed by atoms with Gasteiger partial charge in [-0.15, -0.1) is 0 Å². The summed E-state index contributed by atoms with van der Waals surface area (Å²) in [7, 11) is 0. The Labute approximate surface area is 148 Å². The summed E-state index contributed by atoms with van der Waals surface area (Å²) in [6, 6.07) is 7.33. The zero-order valence-electron chi connectivity index (χ0n) is 15.1. The van der Waals surface area contributed by atoms with E-state index >= 15 is 0 Å². The molecular formula is C19H25N5O. The molecule has 1 fully saturated rings. The van der Waals surface area contributed by atoms with Crippen LogP contribution in [-0.4, -0.2) is 33.9 Å². The summed E-state index contributed by atoms with van der Waals surface area (Å²) >= 11 is 0. The first-order valence-electron chi connectivity index (χ1n) is 8.92. The van der Waals surface area contributed by atoms with Gasteiger partial charge >= 0.3 is 0 Å². The van der Waals surface area contributed by atoms with Crippen molar-refractivity contribution in [3.05, 3.63) is 41.3 Å². The number of aryl methyl sites for hydroxylation is 1. The van der Waals surface area contributed by atoms with Crippen LogP contribution in [0, 0.1) is 6.92 Å². The first kappa shape index (κ1) is 17.3. The van der Waals surface area contributed by atoms with Crippen LogP contribution in [0.3, 0.4) is 0 Å². The van der Waals surface area contributed by atoms with E-state index in [1.165, 1.54) is 6.42 Å². The van der Waals surface area contributed by atoms with Crippen molar-refractivity contribution in [1.29, 1.82) is 0 Å². The molecule has 1 saturated heterocycles. The Morgan fingerprint density at radius 3 is 2.56 bits per heavy atom. The Morgan fingerprint density at radius 2 is 1.88 bits per heavy atom. The molecule has 0 saturated carbocycles. The predicted molar refractivity (Wildman–Crippen MR) is 99.1 cm³/mol. The van der Waals surface area contributed by atoms with Crippen molar-refractivity contribution >= 4 is 17.7 Å². The average Bonchev–Trinajstić information content (AvgIpc) is 2.62. The second kappa shape index (κ2) is 7.59. The SMILES string of the molecule is Cc1cccc(NC(=O)c2cc(C(C)C)nc(N3CCCCC3)n2)n1. The number of amides is 1. The molecule has 25 heavy (non-hydrogen) atoms. The summed E-state index contributed by atoms with van der Waals surface area (Å²) in [6.07, 6.45) is 3.53. The molecule has 2 aromatic rings.